The average molecular weight is 547 g/mol. The van der Waals surface area contributed by atoms with Crippen LogP contribution in [-0.4, -0.2) is 7.05 Å². The number of para-hydroxylation sites is 1. The number of benzene rings is 3. The zero-order chi connectivity index (χ0) is 29.3. The van der Waals surface area contributed by atoms with Crippen molar-refractivity contribution in [3.05, 3.63) is 186 Å². The zero-order valence-electron chi connectivity index (χ0n) is 24.7. The van der Waals surface area contributed by atoms with Crippen LogP contribution in [0.3, 0.4) is 0 Å². The highest BCUT2D eigenvalue weighted by Gasteiger charge is 2.21. The van der Waals surface area contributed by atoms with Crippen molar-refractivity contribution in [3.63, 3.8) is 0 Å². The SMILES string of the molecule is C=C/C=C(\C=C/C)c1cc(N(C2=CC=CC=C=C2)C2=CCC(c3ccc(C)cc3)C=C2)ccc1N(C)c1ccccc1. The second kappa shape index (κ2) is 13.5. The lowest BCUT2D eigenvalue weighted by Gasteiger charge is -2.31. The van der Waals surface area contributed by atoms with Gasteiger partial charge < -0.3 is 9.80 Å². The Kier molecular flexibility index (Phi) is 9.19. The molecule has 42 heavy (non-hydrogen) atoms. The molecule has 5 rings (SSSR count). The monoisotopic (exact) mass is 546 g/mol. The number of nitrogens with zero attached hydrogens (tertiary/aromatic N) is 2. The predicted molar refractivity (Wildman–Crippen MR) is 182 cm³/mol. The van der Waals surface area contributed by atoms with Crippen molar-refractivity contribution in [1.82, 2.24) is 0 Å². The van der Waals surface area contributed by atoms with Gasteiger partial charge in [-0.15, -0.1) is 5.73 Å². The molecule has 0 heterocycles. The molecule has 0 bridgehead atoms. The van der Waals surface area contributed by atoms with Crippen LogP contribution in [0, 0.1) is 6.92 Å². The molecule has 2 nitrogen and oxygen atoms in total. The zero-order valence-corrected chi connectivity index (χ0v) is 24.7. The van der Waals surface area contributed by atoms with Gasteiger partial charge in [0.2, 0.25) is 0 Å². The standard InChI is InChI=1S/C40H38N2/c1-5-14-34(15-6-2)39-30-38(28-29-40(39)41(4)35-16-12-9-13-17-35)42(36-18-10-7-8-11-19-36)37-26-24-33(25-27-37)32-22-20-31(3)21-23-32/h5-10,12-24,26-30,33H,1,25H2,2-4H3/b15-6-,34-14+. The van der Waals surface area contributed by atoms with Gasteiger partial charge in [0.1, 0.15) is 0 Å². The summed E-state index contributed by atoms with van der Waals surface area (Å²) >= 11 is 0. The largest absolute Gasteiger partial charge is 0.344 e. The fourth-order valence-corrected chi connectivity index (χ4v) is 5.39. The minimum Gasteiger partial charge on any atom is -0.344 e. The molecule has 0 N–H and O–H groups in total. The van der Waals surface area contributed by atoms with Gasteiger partial charge in [-0.05, 0) is 80.0 Å². The molecule has 0 radical (unpaired) electrons. The second-order valence-corrected chi connectivity index (χ2v) is 10.5. The Morgan fingerprint density at radius 1 is 0.952 bits per heavy atom. The molecule has 0 amide bonds. The van der Waals surface area contributed by atoms with E-state index in [9.17, 15) is 0 Å². The van der Waals surface area contributed by atoms with Gasteiger partial charge in [0, 0.05) is 47.4 Å². The Balaban J connectivity index is 1.61. The molecular weight excluding hydrogens is 508 g/mol. The molecule has 0 spiro atoms. The number of allylic oxidation sites excluding steroid dienone is 12. The smallest absolute Gasteiger partial charge is 0.0538 e. The van der Waals surface area contributed by atoms with Gasteiger partial charge in [-0.3, -0.25) is 0 Å². The van der Waals surface area contributed by atoms with Crippen molar-refractivity contribution in [2.45, 2.75) is 26.2 Å². The number of hydrogen-bond acceptors (Lipinski definition) is 2. The molecule has 2 aliphatic carbocycles. The minimum atomic E-state index is 0.365. The summed E-state index contributed by atoms with van der Waals surface area (Å²) in [6.45, 7) is 8.19. The van der Waals surface area contributed by atoms with Gasteiger partial charge >= 0.3 is 0 Å². The Hall–Kier alpha value is -5.04. The Morgan fingerprint density at radius 2 is 1.76 bits per heavy atom. The molecule has 0 saturated carbocycles. The van der Waals surface area contributed by atoms with Crippen LogP contribution in [0.2, 0.25) is 0 Å². The molecule has 0 fully saturated rings. The summed E-state index contributed by atoms with van der Waals surface area (Å²) in [4.78, 5) is 4.57. The highest BCUT2D eigenvalue weighted by molar-refractivity contribution is 5.88. The minimum absolute atomic E-state index is 0.365. The van der Waals surface area contributed by atoms with Crippen LogP contribution in [0.1, 0.15) is 36.0 Å². The fourth-order valence-electron chi connectivity index (χ4n) is 5.39. The van der Waals surface area contributed by atoms with E-state index in [1.165, 1.54) is 11.1 Å². The van der Waals surface area contributed by atoms with E-state index in [1.807, 2.05) is 24.3 Å². The molecule has 3 aromatic carbocycles. The summed E-state index contributed by atoms with van der Waals surface area (Å²) in [7, 11) is 2.12. The van der Waals surface area contributed by atoms with Crippen molar-refractivity contribution in [2.75, 3.05) is 16.8 Å². The van der Waals surface area contributed by atoms with Crippen molar-refractivity contribution in [3.8, 4) is 0 Å². The van der Waals surface area contributed by atoms with Gasteiger partial charge in [-0.1, -0.05) is 103 Å². The Labute approximate surface area is 251 Å². The molecule has 208 valence electrons. The first-order chi connectivity index (χ1) is 20.6. The van der Waals surface area contributed by atoms with Crippen molar-refractivity contribution >= 4 is 22.6 Å². The van der Waals surface area contributed by atoms with E-state index in [1.54, 1.807) is 0 Å². The molecule has 0 aromatic heterocycles. The van der Waals surface area contributed by atoms with Gasteiger partial charge in [0.05, 0.1) is 5.70 Å². The van der Waals surface area contributed by atoms with E-state index < -0.39 is 0 Å². The summed E-state index contributed by atoms with van der Waals surface area (Å²) in [5.41, 5.74) is 13.7. The van der Waals surface area contributed by atoms with E-state index in [2.05, 4.69) is 164 Å². The quantitative estimate of drug-likeness (QED) is 0.195. The summed E-state index contributed by atoms with van der Waals surface area (Å²) in [6, 6.07) is 26.1. The lowest BCUT2D eigenvalue weighted by atomic mass is 9.90. The van der Waals surface area contributed by atoms with E-state index in [-0.39, 0.29) is 0 Å². The number of rotatable bonds is 9. The predicted octanol–water partition coefficient (Wildman–Crippen LogP) is 10.5. The molecular formula is C40H38N2. The van der Waals surface area contributed by atoms with Crippen LogP contribution in [0.15, 0.2) is 169 Å². The maximum Gasteiger partial charge on any atom is 0.0538 e. The van der Waals surface area contributed by atoms with Crippen LogP contribution in [0.5, 0.6) is 0 Å². The summed E-state index contributed by atoms with van der Waals surface area (Å²) in [5.74, 6) is 0.365. The number of aryl methyl sites for hydroxylation is 1. The first-order valence-corrected chi connectivity index (χ1v) is 14.5. The molecule has 1 atom stereocenters. The molecule has 3 aromatic rings. The fraction of sp³-hybridized carbons (Fsp3) is 0.125. The van der Waals surface area contributed by atoms with Crippen molar-refractivity contribution < 1.29 is 0 Å². The van der Waals surface area contributed by atoms with Gasteiger partial charge in [-0.25, -0.2) is 0 Å². The molecule has 2 heteroatoms. The topological polar surface area (TPSA) is 6.48 Å². The molecule has 0 saturated heterocycles. The highest BCUT2D eigenvalue weighted by Crippen LogP contribution is 2.39. The lowest BCUT2D eigenvalue weighted by molar-refractivity contribution is 0.837. The third kappa shape index (κ3) is 6.47. The first kappa shape index (κ1) is 28.5. The number of anilines is 3. The van der Waals surface area contributed by atoms with Crippen molar-refractivity contribution in [1.29, 1.82) is 0 Å². The van der Waals surface area contributed by atoms with Gasteiger partial charge in [-0.2, -0.15) is 0 Å². The van der Waals surface area contributed by atoms with Crippen molar-refractivity contribution in [2.24, 2.45) is 0 Å². The summed E-state index contributed by atoms with van der Waals surface area (Å²) in [6.07, 6.45) is 26.3. The van der Waals surface area contributed by atoms with E-state index in [4.69, 9.17) is 0 Å². The highest BCUT2D eigenvalue weighted by atomic mass is 15.2. The molecule has 2 aliphatic rings. The molecule has 1 unspecified atom stereocenters. The van der Waals surface area contributed by atoms with E-state index in [0.717, 1.165) is 46.0 Å². The van der Waals surface area contributed by atoms with Gasteiger partial charge in [0.25, 0.3) is 0 Å². The first-order valence-electron chi connectivity index (χ1n) is 14.5. The van der Waals surface area contributed by atoms with Crippen LogP contribution < -0.4 is 9.80 Å². The van der Waals surface area contributed by atoms with E-state index >= 15 is 0 Å². The van der Waals surface area contributed by atoms with Crippen LogP contribution in [0.4, 0.5) is 17.1 Å². The van der Waals surface area contributed by atoms with Crippen LogP contribution in [-0.2, 0) is 0 Å². The average Bonchev–Trinajstić information content (AvgIpc) is 3.31. The van der Waals surface area contributed by atoms with Crippen LogP contribution in [0.25, 0.3) is 5.57 Å². The third-order valence-electron chi connectivity index (χ3n) is 7.60. The third-order valence-corrected chi connectivity index (χ3v) is 7.60. The Morgan fingerprint density at radius 3 is 2.48 bits per heavy atom. The van der Waals surface area contributed by atoms with Crippen LogP contribution >= 0.6 is 0 Å². The normalized spacial score (nSPS) is 16.3. The lowest BCUT2D eigenvalue weighted by Crippen LogP contribution is -2.22. The second-order valence-electron chi connectivity index (χ2n) is 10.5. The summed E-state index contributed by atoms with van der Waals surface area (Å²) < 4.78 is 0. The molecule has 0 aliphatic heterocycles. The maximum absolute atomic E-state index is 4.01. The number of hydrogen-bond donors (Lipinski definition) is 0. The maximum atomic E-state index is 4.01. The Bertz CT molecular complexity index is 1670. The van der Waals surface area contributed by atoms with Gasteiger partial charge in [0.15, 0.2) is 0 Å². The summed E-state index contributed by atoms with van der Waals surface area (Å²) in [5, 5.41) is 0. The van der Waals surface area contributed by atoms with E-state index in [0.29, 0.717) is 5.92 Å².